The lowest BCUT2D eigenvalue weighted by molar-refractivity contribution is -0.129. The lowest BCUT2D eigenvalue weighted by Gasteiger charge is -2.27. The molecule has 1 aliphatic rings. The average Bonchev–Trinajstić information content (AvgIpc) is 3.02. The molecule has 0 spiro atoms. The standard InChI is InChI=1S/C21H19F2N3O/c1-14(27)25-10-9-20-18(13-25)21(15-5-3-2-4-6-15)24-26(20)12-16-7-8-17(22)11-19(16)23/h2-8,11H,9-10,12-13H2,1H3. The summed E-state index contributed by atoms with van der Waals surface area (Å²) in [5.74, 6) is -1.15. The molecule has 0 atom stereocenters. The zero-order valence-electron chi connectivity index (χ0n) is 15.0. The Balaban J connectivity index is 1.78. The molecule has 1 aliphatic heterocycles. The van der Waals surface area contributed by atoms with Gasteiger partial charge in [0.25, 0.3) is 0 Å². The highest BCUT2D eigenvalue weighted by Gasteiger charge is 2.27. The molecule has 1 amide bonds. The van der Waals surface area contributed by atoms with E-state index < -0.39 is 11.6 Å². The summed E-state index contributed by atoms with van der Waals surface area (Å²) in [4.78, 5) is 13.6. The Labute approximate surface area is 156 Å². The van der Waals surface area contributed by atoms with Crippen molar-refractivity contribution in [2.75, 3.05) is 6.54 Å². The summed E-state index contributed by atoms with van der Waals surface area (Å²) in [5, 5.41) is 4.73. The van der Waals surface area contributed by atoms with Gasteiger partial charge in [-0.15, -0.1) is 0 Å². The third-order valence-electron chi connectivity index (χ3n) is 4.96. The first kappa shape index (κ1) is 17.4. The predicted octanol–water partition coefficient (Wildman–Crippen LogP) is 3.78. The van der Waals surface area contributed by atoms with Gasteiger partial charge in [0.2, 0.25) is 5.91 Å². The number of nitrogens with zero attached hydrogens (tertiary/aromatic N) is 3. The van der Waals surface area contributed by atoms with E-state index in [1.54, 1.807) is 16.5 Å². The number of hydrogen-bond donors (Lipinski definition) is 0. The number of carbonyl (C=O) groups is 1. The van der Waals surface area contributed by atoms with Crippen molar-refractivity contribution in [1.29, 1.82) is 0 Å². The fourth-order valence-electron chi connectivity index (χ4n) is 3.53. The van der Waals surface area contributed by atoms with Gasteiger partial charge in [-0.1, -0.05) is 36.4 Å². The highest BCUT2D eigenvalue weighted by atomic mass is 19.1. The Morgan fingerprint density at radius 2 is 1.93 bits per heavy atom. The smallest absolute Gasteiger partial charge is 0.219 e. The molecule has 0 saturated carbocycles. The van der Waals surface area contributed by atoms with Gasteiger partial charge in [-0.3, -0.25) is 9.48 Å². The van der Waals surface area contributed by atoms with Crippen molar-refractivity contribution in [3.8, 4) is 11.3 Å². The normalized spacial score (nSPS) is 13.5. The van der Waals surface area contributed by atoms with E-state index in [4.69, 9.17) is 5.10 Å². The third-order valence-corrected chi connectivity index (χ3v) is 4.96. The van der Waals surface area contributed by atoms with Gasteiger partial charge in [-0.25, -0.2) is 8.78 Å². The lowest BCUT2D eigenvalue weighted by Crippen LogP contribution is -2.34. The minimum absolute atomic E-state index is 0.0250. The number of carbonyl (C=O) groups excluding carboxylic acids is 1. The van der Waals surface area contributed by atoms with Crippen LogP contribution in [0.2, 0.25) is 0 Å². The van der Waals surface area contributed by atoms with Gasteiger partial charge >= 0.3 is 0 Å². The number of benzene rings is 2. The topological polar surface area (TPSA) is 38.1 Å². The Morgan fingerprint density at radius 1 is 1.15 bits per heavy atom. The van der Waals surface area contributed by atoms with Crippen molar-refractivity contribution in [2.24, 2.45) is 0 Å². The van der Waals surface area contributed by atoms with E-state index in [9.17, 15) is 13.6 Å². The van der Waals surface area contributed by atoms with Crippen LogP contribution in [-0.2, 0) is 24.3 Å². The number of aromatic nitrogens is 2. The van der Waals surface area contributed by atoms with Crippen molar-refractivity contribution in [3.05, 3.63) is 77.0 Å². The molecule has 0 unspecified atom stereocenters. The van der Waals surface area contributed by atoms with Gasteiger partial charge < -0.3 is 4.90 Å². The first-order valence-electron chi connectivity index (χ1n) is 8.86. The van der Waals surface area contributed by atoms with Gasteiger partial charge in [0.1, 0.15) is 11.6 Å². The monoisotopic (exact) mass is 367 g/mol. The lowest BCUT2D eigenvalue weighted by atomic mass is 10.0. The van der Waals surface area contributed by atoms with E-state index in [1.807, 2.05) is 30.3 Å². The molecular formula is C21H19F2N3O. The van der Waals surface area contributed by atoms with E-state index in [1.165, 1.54) is 12.1 Å². The zero-order valence-corrected chi connectivity index (χ0v) is 15.0. The Morgan fingerprint density at radius 3 is 2.63 bits per heavy atom. The van der Waals surface area contributed by atoms with Crippen LogP contribution < -0.4 is 0 Å². The molecule has 3 aromatic rings. The van der Waals surface area contributed by atoms with E-state index in [0.717, 1.165) is 28.6 Å². The minimum Gasteiger partial charge on any atom is -0.338 e. The van der Waals surface area contributed by atoms with Crippen LogP contribution >= 0.6 is 0 Å². The van der Waals surface area contributed by atoms with Crippen LogP contribution in [0.15, 0.2) is 48.5 Å². The number of halogens is 2. The Kier molecular flexibility index (Phi) is 4.48. The molecule has 0 radical (unpaired) electrons. The molecule has 0 saturated heterocycles. The maximum atomic E-state index is 14.1. The molecule has 4 nitrogen and oxygen atoms in total. The Hall–Kier alpha value is -3.02. The van der Waals surface area contributed by atoms with E-state index in [0.29, 0.717) is 25.1 Å². The summed E-state index contributed by atoms with van der Waals surface area (Å²) in [5.41, 5.74) is 4.13. The van der Waals surface area contributed by atoms with E-state index >= 15 is 0 Å². The van der Waals surface area contributed by atoms with Crippen molar-refractivity contribution >= 4 is 5.91 Å². The SMILES string of the molecule is CC(=O)N1CCc2c(c(-c3ccccc3)nn2Cc2ccc(F)cc2F)C1. The van der Waals surface area contributed by atoms with Crippen molar-refractivity contribution in [1.82, 2.24) is 14.7 Å². The zero-order chi connectivity index (χ0) is 19.0. The average molecular weight is 367 g/mol. The van der Waals surface area contributed by atoms with Gasteiger partial charge in [-0.05, 0) is 6.07 Å². The molecule has 0 bridgehead atoms. The van der Waals surface area contributed by atoms with Crippen molar-refractivity contribution < 1.29 is 13.6 Å². The number of rotatable bonds is 3. The summed E-state index contributed by atoms with van der Waals surface area (Å²) >= 11 is 0. The van der Waals surface area contributed by atoms with Crippen LogP contribution in [-0.4, -0.2) is 27.1 Å². The molecule has 6 heteroatoms. The highest BCUT2D eigenvalue weighted by Crippen LogP contribution is 2.30. The quantitative estimate of drug-likeness (QED) is 0.707. The molecule has 0 aliphatic carbocycles. The van der Waals surface area contributed by atoms with Gasteiger partial charge in [-0.2, -0.15) is 5.10 Å². The van der Waals surface area contributed by atoms with Crippen molar-refractivity contribution in [3.63, 3.8) is 0 Å². The largest absolute Gasteiger partial charge is 0.338 e. The molecule has 2 aromatic carbocycles. The fraction of sp³-hybridized carbons (Fsp3) is 0.238. The first-order chi connectivity index (χ1) is 13.0. The van der Waals surface area contributed by atoms with E-state index in [-0.39, 0.29) is 12.5 Å². The minimum atomic E-state index is -0.596. The van der Waals surface area contributed by atoms with Crippen LogP contribution in [0, 0.1) is 11.6 Å². The Bertz CT molecular complexity index is 998. The van der Waals surface area contributed by atoms with E-state index in [2.05, 4.69) is 0 Å². The summed E-state index contributed by atoms with van der Waals surface area (Å²) in [6.45, 7) is 2.88. The predicted molar refractivity (Wildman–Crippen MR) is 97.9 cm³/mol. The van der Waals surface area contributed by atoms with Gasteiger partial charge in [0.15, 0.2) is 0 Å². The summed E-state index contributed by atoms with van der Waals surface area (Å²) in [7, 11) is 0. The molecular weight excluding hydrogens is 348 g/mol. The highest BCUT2D eigenvalue weighted by molar-refractivity contribution is 5.74. The van der Waals surface area contributed by atoms with Crippen LogP contribution in [0.4, 0.5) is 8.78 Å². The third kappa shape index (κ3) is 3.35. The summed E-state index contributed by atoms with van der Waals surface area (Å²) < 4.78 is 29.1. The number of fused-ring (bicyclic) bond motifs is 1. The van der Waals surface area contributed by atoms with Crippen LogP contribution in [0.25, 0.3) is 11.3 Å². The molecule has 2 heterocycles. The maximum absolute atomic E-state index is 14.1. The second kappa shape index (κ2) is 6.95. The first-order valence-corrected chi connectivity index (χ1v) is 8.86. The fourth-order valence-corrected chi connectivity index (χ4v) is 3.53. The molecule has 138 valence electrons. The summed E-state index contributed by atoms with van der Waals surface area (Å²) in [6.07, 6.45) is 0.650. The molecule has 0 fully saturated rings. The second-order valence-electron chi connectivity index (χ2n) is 6.72. The number of hydrogen-bond acceptors (Lipinski definition) is 2. The molecule has 0 N–H and O–H groups in total. The van der Waals surface area contributed by atoms with Gasteiger partial charge in [0.05, 0.1) is 12.2 Å². The van der Waals surface area contributed by atoms with Crippen LogP contribution in [0.1, 0.15) is 23.7 Å². The molecule has 4 rings (SSSR count). The molecule has 1 aromatic heterocycles. The second-order valence-corrected chi connectivity index (χ2v) is 6.72. The maximum Gasteiger partial charge on any atom is 0.219 e. The van der Waals surface area contributed by atoms with Crippen LogP contribution in [0.3, 0.4) is 0 Å². The summed E-state index contributed by atoms with van der Waals surface area (Å²) in [6, 6.07) is 13.3. The van der Waals surface area contributed by atoms with Crippen molar-refractivity contribution in [2.45, 2.75) is 26.4 Å². The number of amides is 1. The molecule has 27 heavy (non-hydrogen) atoms. The van der Waals surface area contributed by atoms with Gasteiger partial charge in [0, 0.05) is 54.9 Å². The van der Waals surface area contributed by atoms with Crippen LogP contribution in [0.5, 0.6) is 0 Å².